The molecule has 2 rings (SSSR count). The van der Waals surface area contributed by atoms with Crippen LogP contribution in [0.2, 0.25) is 0 Å². The summed E-state index contributed by atoms with van der Waals surface area (Å²) in [4.78, 5) is 21.4. The summed E-state index contributed by atoms with van der Waals surface area (Å²) in [6.07, 6.45) is 1.44. The first kappa shape index (κ1) is 8.34. The second-order valence-electron chi connectivity index (χ2n) is 3.69. The molecular weight excluding hydrogens is 172 g/mol. The zero-order valence-electron chi connectivity index (χ0n) is 7.12. The molecule has 0 aromatic rings. The van der Waals surface area contributed by atoms with Crippen LogP contribution in [0.5, 0.6) is 0 Å². The third-order valence-electron chi connectivity index (χ3n) is 2.61. The quantitative estimate of drug-likeness (QED) is 0.561. The van der Waals surface area contributed by atoms with E-state index in [0.29, 0.717) is 5.92 Å². The average molecular weight is 184 g/mol. The third-order valence-corrected chi connectivity index (χ3v) is 2.61. The third kappa shape index (κ3) is 1.74. The van der Waals surface area contributed by atoms with E-state index >= 15 is 0 Å². The van der Waals surface area contributed by atoms with Crippen molar-refractivity contribution in [2.45, 2.75) is 31.3 Å². The first-order valence-corrected chi connectivity index (χ1v) is 4.45. The predicted octanol–water partition coefficient (Wildman–Crippen LogP) is -0.0789. The van der Waals surface area contributed by atoms with E-state index in [1.807, 2.05) is 0 Å². The van der Waals surface area contributed by atoms with Crippen molar-refractivity contribution in [3.8, 4) is 0 Å². The van der Waals surface area contributed by atoms with Crippen molar-refractivity contribution < 1.29 is 14.7 Å². The minimum absolute atomic E-state index is 0.0311. The van der Waals surface area contributed by atoms with Crippen LogP contribution >= 0.6 is 0 Å². The number of carbonyl (C=O) groups excluding carboxylic acids is 1. The Kier molecular flexibility index (Phi) is 1.86. The summed E-state index contributed by atoms with van der Waals surface area (Å²) in [5, 5.41) is 13.7. The number of rotatable bonds is 2. The molecule has 2 fully saturated rings. The molecule has 1 aliphatic carbocycles. The summed E-state index contributed by atoms with van der Waals surface area (Å²) in [5.74, 6) is 0.443. The summed E-state index contributed by atoms with van der Waals surface area (Å²) >= 11 is 0. The van der Waals surface area contributed by atoms with Crippen LogP contribution in [0.1, 0.15) is 19.3 Å². The normalized spacial score (nSPS) is 32.8. The van der Waals surface area contributed by atoms with Crippen molar-refractivity contribution in [2.75, 3.05) is 0 Å². The van der Waals surface area contributed by atoms with Crippen LogP contribution < -0.4 is 10.6 Å². The van der Waals surface area contributed by atoms with Gasteiger partial charge in [0.25, 0.3) is 0 Å². The molecule has 0 radical (unpaired) electrons. The number of amides is 2. The molecule has 72 valence electrons. The predicted molar refractivity (Wildman–Crippen MR) is 44.2 cm³/mol. The largest absolute Gasteiger partial charge is 0.465 e. The smallest absolute Gasteiger partial charge is 0.404 e. The Balaban J connectivity index is 1.98. The lowest BCUT2D eigenvalue weighted by atomic mass is 10.1. The van der Waals surface area contributed by atoms with Crippen LogP contribution in [-0.4, -0.2) is 29.2 Å². The highest BCUT2D eigenvalue weighted by atomic mass is 16.4. The van der Waals surface area contributed by atoms with Gasteiger partial charge in [-0.1, -0.05) is 0 Å². The van der Waals surface area contributed by atoms with Gasteiger partial charge in [-0.3, -0.25) is 4.79 Å². The standard InChI is InChI=1S/C8H12N2O3/c11-6-3-5(9-8(12)13)7(10-6)4-1-2-4/h4-5,7,9H,1-3H2,(H,10,11)(H,12,13)/t5-,7-/m0/s1. The van der Waals surface area contributed by atoms with Gasteiger partial charge in [-0.2, -0.15) is 0 Å². The molecule has 13 heavy (non-hydrogen) atoms. The number of carboxylic acid groups (broad SMARTS) is 1. The molecular formula is C8H12N2O3. The minimum atomic E-state index is -1.05. The number of hydrogen-bond acceptors (Lipinski definition) is 2. The van der Waals surface area contributed by atoms with E-state index in [-0.39, 0.29) is 24.4 Å². The summed E-state index contributed by atoms with van der Waals surface area (Å²) in [7, 11) is 0. The van der Waals surface area contributed by atoms with Gasteiger partial charge in [0.1, 0.15) is 0 Å². The van der Waals surface area contributed by atoms with Crippen molar-refractivity contribution >= 4 is 12.0 Å². The van der Waals surface area contributed by atoms with Gasteiger partial charge in [0.15, 0.2) is 0 Å². The molecule has 5 heteroatoms. The van der Waals surface area contributed by atoms with Gasteiger partial charge in [-0.15, -0.1) is 0 Å². The monoisotopic (exact) mass is 184 g/mol. The molecule has 3 N–H and O–H groups in total. The Morgan fingerprint density at radius 2 is 2.23 bits per heavy atom. The van der Waals surface area contributed by atoms with Crippen molar-refractivity contribution in [3.05, 3.63) is 0 Å². The van der Waals surface area contributed by atoms with Crippen LogP contribution in [0.25, 0.3) is 0 Å². The van der Waals surface area contributed by atoms with Gasteiger partial charge < -0.3 is 15.7 Å². The van der Waals surface area contributed by atoms with Crippen molar-refractivity contribution in [1.29, 1.82) is 0 Å². The molecule has 0 unspecified atom stereocenters. The lowest BCUT2D eigenvalue weighted by Gasteiger charge is -2.17. The van der Waals surface area contributed by atoms with Crippen molar-refractivity contribution in [3.63, 3.8) is 0 Å². The van der Waals surface area contributed by atoms with Gasteiger partial charge in [-0.05, 0) is 18.8 Å². The summed E-state index contributed by atoms with van der Waals surface area (Å²) in [5.41, 5.74) is 0. The summed E-state index contributed by atoms with van der Waals surface area (Å²) in [6.45, 7) is 0. The van der Waals surface area contributed by atoms with Gasteiger partial charge in [-0.25, -0.2) is 4.79 Å². The molecule has 2 amide bonds. The summed E-state index contributed by atoms with van der Waals surface area (Å²) < 4.78 is 0. The molecule has 1 heterocycles. The molecule has 0 spiro atoms. The lowest BCUT2D eigenvalue weighted by molar-refractivity contribution is -0.119. The zero-order chi connectivity index (χ0) is 9.42. The highest BCUT2D eigenvalue weighted by Crippen LogP contribution is 2.36. The van der Waals surface area contributed by atoms with Crippen LogP contribution in [0.3, 0.4) is 0 Å². The van der Waals surface area contributed by atoms with Crippen LogP contribution in [0.15, 0.2) is 0 Å². The SMILES string of the molecule is O=C(O)N[C@H]1CC(=O)N[C@H]1C1CC1. The lowest BCUT2D eigenvalue weighted by Crippen LogP contribution is -2.44. The van der Waals surface area contributed by atoms with Gasteiger partial charge in [0.2, 0.25) is 5.91 Å². The Morgan fingerprint density at radius 1 is 1.54 bits per heavy atom. The fourth-order valence-corrected chi connectivity index (χ4v) is 1.87. The second kappa shape index (κ2) is 2.90. The fourth-order valence-electron chi connectivity index (χ4n) is 1.87. The van der Waals surface area contributed by atoms with E-state index in [9.17, 15) is 9.59 Å². The van der Waals surface area contributed by atoms with E-state index in [4.69, 9.17) is 5.11 Å². The zero-order valence-corrected chi connectivity index (χ0v) is 7.12. The Morgan fingerprint density at radius 3 is 2.77 bits per heavy atom. The fraction of sp³-hybridized carbons (Fsp3) is 0.750. The maximum absolute atomic E-state index is 11.0. The molecule has 0 bridgehead atoms. The molecule has 5 nitrogen and oxygen atoms in total. The summed E-state index contributed by atoms with van der Waals surface area (Å²) in [6, 6.07) is -0.193. The first-order valence-electron chi connectivity index (χ1n) is 4.45. The molecule has 1 saturated heterocycles. The van der Waals surface area contributed by atoms with E-state index in [2.05, 4.69) is 10.6 Å². The highest BCUT2D eigenvalue weighted by molar-refractivity contribution is 5.81. The highest BCUT2D eigenvalue weighted by Gasteiger charge is 2.43. The van der Waals surface area contributed by atoms with Crippen LogP contribution in [-0.2, 0) is 4.79 Å². The van der Waals surface area contributed by atoms with Crippen LogP contribution in [0, 0.1) is 5.92 Å². The van der Waals surface area contributed by atoms with Crippen molar-refractivity contribution in [2.24, 2.45) is 5.92 Å². The Bertz CT molecular complexity index is 250. The number of hydrogen-bond donors (Lipinski definition) is 3. The molecule has 2 aliphatic rings. The first-order chi connectivity index (χ1) is 6.16. The van der Waals surface area contributed by atoms with E-state index in [1.165, 1.54) is 0 Å². The van der Waals surface area contributed by atoms with Crippen LogP contribution in [0.4, 0.5) is 4.79 Å². The second-order valence-corrected chi connectivity index (χ2v) is 3.69. The Hall–Kier alpha value is -1.26. The topological polar surface area (TPSA) is 78.4 Å². The maximum atomic E-state index is 11.0. The van der Waals surface area contributed by atoms with E-state index in [1.54, 1.807) is 0 Å². The van der Waals surface area contributed by atoms with Gasteiger partial charge in [0.05, 0.1) is 12.1 Å². The molecule has 0 aromatic heterocycles. The van der Waals surface area contributed by atoms with Gasteiger partial charge in [0, 0.05) is 6.42 Å². The molecule has 1 aliphatic heterocycles. The number of carbonyl (C=O) groups is 2. The maximum Gasteiger partial charge on any atom is 0.404 e. The molecule has 1 saturated carbocycles. The molecule has 2 atom stereocenters. The van der Waals surface area contributed by atoms with E-state index < -0.39 is 6.09 Å². The average Bonchev–Trinajstić information content (AvgIpc) is 2.77. The molecule has 0 aromatic carbocycles. The van der Waals surface area contributed by atoms with Crippen molar-refractivity contribution in [1.82, 2.24) is 10.6 Å². The Labute approximate surface area is 75.5 Å². The van der Waals surface area contributed by atoms with E-state index in [0.717, 1.165) is 12.8 Å². The van der Waals surface area contributed by atoms with Gasteiger partial charge >= 0.3 is 6.09 Å². The minimum Gasteiger partial charge on any atom is -0.465 e. The number of nitrogens with one attached hydrogen (secondary N) is 2.